The summed E-state index contributed by atoms with van der Waals surface area (Å²) in [7, 11) is 0. The van der Waals surface area contributed by atoms with Crippen LogP contribution in [0, 0.1) is 0 Å². The summed E-state index contributed by atoms with van der Waals surface area (Å²) >= 11 is 0. The Balaban J connectivity index is -0.0000000704. The minimum atomic E-state index is -1.28. The van der Waals surface area contributed by atoms with Crippen LogP contribution >= 0.6 is 0 Å². The van der Waals surface area contributed by atoms with E-state index in [0.29, 0.717) is 0 Å². The average molecular weight is 254 g/mol. The van der Waals surface area contributed by atoms with E-state index in [1.54, 1.807) is 0 Å². The number of phenolic OH excluding ortho intramolecular Hbond substituents is 1. The zero-order valence-electron chi connectivity index (χ0n) is 12.4. The van der Waals surface area contributed by atoms with Gasteiger partial charge in [0.05, 0.1) is 11.1 Å². The van der Waals surface area contributed by atoms with Gasteiger partial charge in [-0.15, -0.1) is 0 Å². The predicted molar refractivity (Wildman–Crippen MR) is 45.4 cm³/mol. The Bertz CT molecular complexity index is 360. The Morgan fingerprint density at radius 1 is 0.875 bits per heavy atom. The molecule has 0 atom stereocenters. The van der Waals surface area contributed by atoms with Crippen molar-refractivity contribution in [2.24, 2.45) is 0 Å². The molecule has 5 nitrogen and oxygen atoms in total. The number of rotatable bonds is 2. The van der Waals surface area contributed by atoms with Crippen molar-refractivity contribution in [1.82, 2.24) is 0 Å². The molecule has 8 heteroatoms. The third kappa shape index (κ3) is 6.64. The second-order valence-corrected chi connectivity index (χ2v) is 2.38. The first-order chi connectivity index (χ1) is 6.00. The molecule has 1 aromatic carbocycles. The van der Waals surface area contributed by atoms with Gasteiger partial charge in [-0.05, 0) is 18.2 Å². The summed E-state index contributed by atoms with van der Waals surface area (Å²) in [5.41, 5.74) is -0.505. The van der Waals surface area contributed by atoms with Gasteiger partial charge in [-0.1, -0.05) is 0 Å². The molecule has 0 fully saturated rings. The Morgan fingerprint density at radius 2 is 1.19 bits per heavy atom. The maximum absolute atomic E-state index is 10.4. The number of hydrogen-bond donors (Lipinski definition) is 3. The standard InChI is InChI=1S/C8H6O5.3Na.3H/c9-6-2-4(7(10)11)1-5(3-6)8(12)13;;;;;;/h1-3,9H,(H,10,11)(H,12,13);;;;;;/q;3*+1;3*-1. The molecule has 0 unspecified atom stereocenters. The maximum atomic E-state index is 10.4. The largest absolute Gasteiger partial charge is 1.00 e. The van der Waals surface area contributed by atoms with Gasteiger partial charge in [0.15, 0.2) is 0 Å². The van der Waals surface area contributed by atoms with Gasteiger partial charge in [0.1, 0.15) is 5.75 Å². The SMILES string of the molecule is O=C(O)c1cc(O)cc(C(=O)O)c1.[H-].[H-].[H-].[Na+].[Na+].[Na+]. The molecule has 74 valence electrons. The van der Waals surface area contributed by atoms with Crippen LogP contribution < -0.4 is 88.7 Å². The van der Waals surface area contributed by atoms with Crippen molar-refractivity contribution in [2.45, 2.75) is 0 Å². The van der Waals surface area contributed by atoms with Gasteiger partial charge in [-0.2, -0.15) is 0 Å². The summed E-state index contributed by atoms with van der Waals surface area (Å²) in [6.07, 6.45) is 0. The zero-order chi connectivity index (χ0) is 10.0. The van der Waals surface area contributed by atoms with Crippen LogP contribution in [0.25, 0.3) is 0 Å². The number of aromatic carboxylic acids is 2. The monoisotopic (exact) mass is 254 g/mol. The first-order valence-corrected chi connectivity index (χ1v) is 3.31. The van der Waals surface area contributed by atoms with Crippen molar-refractivity contribution in [1.29, 1.82) is 0 Å². The normalized spacial score (nSPS) is 7.75. The maximum Gasteiger partial charge on any atom is 1.00 e. The van der Waals surface area contributed by atoms with Gasteiger partial charge in [-0.3, -0.25) is 0 Å². The second kappa shape index (κ2) is 9.94. The molecule has 3 N–H and O–H groups in total. The Kier molecular flexibility index (Phi) is 13.8. The first kappa shape index (κ1) is 22.2. The van der Waals surface area contributed by atoms with Crippen molar-refractivity contribution in [3.63, 3.8) is 0 Å². The molecule has 0 amide bonds. The summed E-state index contributed by atoms with van der Waals surface area (Å²) < 4.78 is 0. The molecule has 0 radical (unpaired) electrons. The molecule has 0 bridgehead atoms. The van der Waals surface area contributed by atoms with Crippen molar-refractivity contribution in [3.05, 3.63) is 29.3 Å². The molecule has 0 saturated carbocycles. The topological polar surface area (TPSA) is 94.8 Å². The summed E-state index contributed by atoms with van der Waals surface area (Å²) in [6, 6.07) is 2.94. The number of benzene rings is 1. The van der Waals surface area contributed by atoms with E-state index in [2.05, 4.69) is 0 Å². The molecule has 0 aromatic heterocycles. The smallest absolute Gasteiger partial charge is 1.00 e. The first-order valence-electron chi connectivity index (χ1n) is 3.31. The summed E-state index contributed by atoms with van der Waals surface area (Å²) in [5.74, 6) is -2.94. The van der Waals surface area contributed by atoms with Crippen LogP contribution in [0.1, 0.15) is 25.0 Å². The predicted octanol–water partition coefficient (Wildman–Crippen LogP) is -7.86. The van der Waals surface area contributed by atoms with Crippen LogP contribution in [0.4, 0.5) is 0 Å². The Labute approximate surface area is 163 Å². The van der Waals surface area contributed by atoms with Crippen LogP contribution in [0.2, 0.25) is 0 Å². The van der Waals surface area contributed by atoms with E-state index in [0.717, 1.165) is 18.2 Å². The van der Waals surface area contributed by atoms with E-state index >= 15 is 0 Å². The number of hydrogen-bond acceptors (Lipinski definition) is 3. The number of carboxylic acid groups (broad SMARTS) is 2. The molecule has 0 aliphatic heterocycles. The van der Waals surface area contributed by atoms with Gasteiger partial charge < -0.3 is 19.6 Å². The minimum absolute atomic E-state index is 0. The van der Waals surface area contributed by atoms with Gasteiger partial charge in [0.25, 0.3) is 0 Å². The van der Waals surface area contributed by atoms with E-state index in [1.165, 1.54) is 0 Å². The molecule has 0 aliphatic rings. The fourth-order valence-corrected chi connectivity index (χ4v) is 0.858. The summed E-state index contributed by atoms with van der Waals surface area (Å²) in [5, 5.41) is 26.0. The van der Waals surface area contributed by atoms with Crippen LogP contribution in [-0.2, 0) is 0 Å². The third-order valence-corrected chi connectivity index (χ3v) is 1.41. The van der Waals surface area contributed by atoms with E-state index in [-0.39, 0.29) is 110 Å². The van der Waals surface area contributed by atoms with Gasteiger partial charge in [0.2, 0.25) is 0 Å². The summed E-state index contributed by atoms with van der Waals surface area (Å²) in [4.78, 5) is 20.8. The molecule has 0 aliphatic carbocycles. The summed E-state index contributed by atoms with van der Waals surface area (Å²) in [6.45, 7) is 0. The Hall–Kier alpha value is 0.960. The van der Waals surface area contributed by atoms with Crippen LogP contribution in [-0.4, -0.2) is 27.3 Å². The van der Waals surface area contributed by atoms with Crippen molar-refractivity contribution in [2.75, 3.05) is 0 Å². The Morgan fingerprint density at radius 3 is 1.44 bits per heavy atom. The molecule has 1 aromatic rings. The molecule has 1 rings (SSSR count). The van der Waals surface area contributed by atoms with E-state index in [4.69, 9.17) is 15.3 Å². The number of carboxylic acids is 2. The zero-order valence-corrected chi connectivity index (χ0v) is 15.4. The minimum Gasteiger partial charge on any atom is -1.00 e. The van der Waals surface area contributed by atoms with Gasteiger partial charge in [0, 0.05) is 0 Å². The molecular formula is C8H9Na3O5. The van der Waals surface area contributed by atoms with E-state index < -0.39 is 11.9 Å². The van der Waals surface area contributed by atoms with Crippen LogP contribution in [0.3, 0.4) is 0 Å². The molecule has 0 saturated heterocycles. The van der Waals surface area contributed by atoms with Gasteiger partial charge >= 0.3 is 101 Å². The average Bonchev–Trinajstić information content (AvgIpc) is 2.03. The molecule has 0 spiro atoms. The number of carbonyl (C=O) groups is 2. The second-order valence-electron chi connectivity index (χ2n) is 2.38. The molecule has 16 heavy (non-hydrogen) atoms. The van der Waals surface area contributed by atoms with Crippen molar-refractivity contribution in [3.8, 4) is 5.75 Å². The van der Waals surface area contributed by atoms with E-state index in [9.17, 15) is 9.59 Å². The fourth-order valence-electron chi connectivity index (χ4n) is 0.858. The quantitative estimate of drug-likeness (QED) is 0.456. The molecule has 0 heterocycles. The van der Waals surface area contributed by atoms with Crippen LogP contribution in [0.5, 0.6) is 5.75 Å². The fraction of sp³-hybridized carbons (Fsp3) is 0. The number of aromatic hydroxyl groups is 1. The van der Waals surface area contributed by atoms with Gasteiger partial charge in [-0.25, -0.2) is 9.59 Å². The van der Waals surface area contributed by atoms with Crippen molar-refractivity contribution < 1.29 is 118 Å². The molecular weight excluding hydrogens is 245 g/mol. The van der Waals surface area contributed by atoms with Crippen molar-refractivity contribution >= 4 is 11.9 Å². The number of phenols is 1. The van der Waals surface area contributed by atoms with Crippen LogP contribution in [0.15, 0.2) is 18.2 Å². The van der Waals surface area contributed by atoms with E-state index in [1.807, 2.05) is 0 Å². The third-order valence-electron chi connectivity index (χ3n) is 1.41.